The van der Waals surface area contributed by atoms with Gasteiger partial charge in [-0.3, -0.25) is 0 Å². The average Bonchev–Trinajstić information content (AvgIpc) is 2.21. The van der Waals surface area contributed by atoms with Crippen LogP contribution in [-0.2, 0) is 4.74 Å². The van der Waals surface area contributed by atoms with Crippen molar-refractivity contribution in [3.8, 4) is 0 Å². The van der Waals surface area contributed by atoms with Crippen LogP contribution >= 0.6 is 0 Å². The van der Waals surface area contributed by atoms with Crippen molar-refractivity contribution in [1.29, 1.82) is 0 Å². The summed E-state index contributed by atoms with van der Waals surface area (Å²) in [7, 11) is 2.16. The highest BCUT2D eigenvalue weighted by atomic mass is 16.5. The van der Waals surface area contributed by atoms with Gasteiger partial charge < -0.3 is 15.0 Å². The number of hydrogen-bond donors (Lipinski definition) is 1. The summed E-state index contributed by atoms with van der Waals surface area (Å²) >= 11 is 0. The molecule has 98 valence electrons. The molecule has 0 aliphatic rings. The van der Waals surface area contributed by atoms with Crippen LogP contribution in [0.5, 0.6) is 0 Å². The lowest BCUT2D eigenvalue weighted by Crippen LogP contribution is -2.34. The minimum absolute atomic E-state index is 0.629. The third-order valence-electron chi connectivity index (χ3n) is 2.79. The van der Waals surface area contributed by atoms with E-state index in [1.165, 1.54) is 0 Å². The molecule has 0 radical (unpaired) electrons. The Bertz CT molecular complexity index is 149. The highest BCUT2D eigenvalue weighted by Crippen LogP contribution is 1.98. The molecule has 0 spiro atoms. The van der Waals surface area contributed by atoms with Crippen molar-refractivity contribution >= 4 is 0 Å². The van der Waals surface area contributed by atoms with Gasteiger partial charge in [0.05, 0.1) is 6.61 Å². The van der Waals surface area contributed by atoms with Crippen LogP contribution in [0.15, 0.2) is 0 Å². The van der Waals surface area contributed by atoms with Crippen LogP contribution < -0.4 is 5.32 Å². The van der Waals surface area contributed by atoms with E-state index in [4.69, 9.17) is 4.74 Å². The SMILES string of the molecule is CC(C)CCOCCNCCN(C)C(C)C. The molecule has 0 aromatic heterocycles. The molecule has 0 bridgehead atoms. The zero-order valence-corrected chi connectivity index (χ0v) is 11.8. The van der Waals surface area contributed by atoms with E-state index < -0.39 is 0 Å². The third kappa shape index (κ3) is 10.4. The Kier molecular flexibility index (Phi) is 9.99. The normalized spacial score (nSPS) is 12.0. The molecular formula is C13H30N2O. The largest absolute Gasteiger partial charge is 0.380 e. The van der Waals surface area contributed by atoms with Crippen LogP contribution in [0.1, 0.15) is 34.1 Å². The summed E-state index contributed by atoms with van der Waals surface area (Å²) in [6, 6.07) is 0.629. The summed E-state index contributed by atoms with van der Waals surface area (Å²) < 4.78 is 5.52. The van der Waals surface area contributed by atoms with Crippen molar-refractivity contribution in [2.24, 2.45) is 5.92 Å². The van der Waals surface area contributed by atoms with E-state index in [0.29, 0.717) is 6.04 Å². The fourth-order valence-electron chi connectivity index (χ4n) is 1.20. The van der Waals surface area contributed by atoms with Crippen LogP contribution in [0, 0.1) is 5.92 Å². The number of nitrogens with one attached hydrogen (secondary N) is 1. The second-order valence-electron chi connectivity index (χ2n) is 5.12. The van der Waals surface area contributed by atoms with Crippen molar-refractivity contribution < 1.29 is 4.74 Å². The molecule has 0 heterocycles. The van der Waals surface area contributed by atoms with Crippen molar-refractivity contribution in [2.75, 3.05) is 39.9 Å². The third-order valence-corrected chi connectivity index (χ3v) is 2.79. The average molecular weight is 230 g/mol. The predicted octanol–water partition coefficient (Wildman–Crippen LogP) is 1.98. The Labute approximate surface area is 102 Å². The smallest absolute Gasteiger partial charge is 0.0590 e. The van der Waals surface area contributed by atoms with Gasteiger partial charge in [-0.05, 0) is 33.2 Å². The standard InChI is InChI=1S/C13H30N2O/c1-12(2)6-10-16-11-8-14-7-9-15(5)13(3)4/h12-14H,6-11H2,1-5H3. The molecule has 0 aromatic rings. The Morgan fingerprint density at radius 3 is 2.31 bits per heavy atom. The molecule has 0 fully saturated rings. The van der Waals surface area contributed by atoms with Gasteiger partial charge in [0.25, 0.3) is 0 Å². The van der Waals surface area contributed by atoms with E-state index in [-0.39, 0.29) is 0 Å². The molecule has 0 aliphatic heterocycles. The fourth-order valence-corrected chi connectivity index (χ4v) is 1.20. The molecule has 0 saturated carbocycles. The maximum Gasteiger partial charge on any atom is 0.0590 e. The lowest BCUT2D eigenvalue weighted by atomic mass is 10.1. The molecule has 3 heteroatoms. The Morgan fingerprint density at radius 1 is 1.06 bits per heavy atom. The summed E-state index contributed by atoms with van der Waals surface area (Å²) in [5, 5.41) is 3.39. The fraction of sp³-hybridized carbons (Fsp3) is 1.00. The number of likely N-dealkylation sites (N-methyl/N-ethyl adjacent to an activating group) is 1. The van der Waals surface area contributed by atoms with Crippen LogP contribution in [0.4, 0.5) is 0 Å². The molecule has 0 atom stereocenters. The van der Waals surface area contributed by atoms with Gasteiger partial charge in [-0.25, -0.2) is 0 Å². The maximum atomic E-state index is 5.52. The van der Waals surface area contributed by atoms with Gasteiger partial charge in [0.1, 0.15) is 0 Å². The van der Waals surface area contributed by atoms with E-state index in [1.807, 2.05) is 0 Å². The number of ether oxygens (including phenoxy) is 1. The molecule has 0 rings (SSSR count). The van der Waals surface area contributed by atoms with E-state index in [9.17, 15) is 0 Å². The first-order valence-electron chi connectivity index (χ1n) is 6.52. The second kappa shape index (κ2) is 10.1. The summed E-state index contributed by atoms with van der Waals surface area (Å²) in [4.78, 5) is 2.34. The topological polar surface area (TPSA) is 24.5 Å². The van der Waals surface area contributed by atoms with Gasteiger partial charge in [0.15, 0.2) is 0 Å². The summed E-state index contributed by atoms with van der Waals surface area (Å²) in [6.07, 6.45) is 1.16. The van der Waals surface area contributed by atoms with Crippen LogP contribution in [-0.4, -0.2) is 50.8 Å². The van der Waals surface area contributed by atoms with Gasteiger partial charge in [-0.2, -0.15) is 0 Å². The molecule has 0 aliphatic carbocycles. The van der Waals surface area contributed by atoms with Crippen molar-refractivity contribution in [3.63, 3.8) is 0 Å². The molecule has 0 aromatic carbocycles. The van der Waals surface area contributed by atoms with Gasteiger partial charge in [-0.1, -0.05) is 13.8 Å². The lowest BCUT2D eigenvalue weighted by Gasteiger charge is -2.20. The zero-order valence-electron chi connectivity index (χ0n) is 11.8. The highest BCUT2D eigenvalue weighted by Gasteiger charge is 2.01. The first-order valence-corrected chi connectivity index (χ1v) is 6.52. The molecule has 1 N–H and O–H groups in total. The van der Waals surface area contributed by atoms with Gasteiger partial charge >= 0.3 is 0 Å². The van der Waals surface area contributed by atoms with Crippen molar-refractivity contribution in [3.05, 3.63) is 0 Å². The molecule has 3 nitrogen and oxygen atoms in total. The van der Waals surface area contributed by atoms with Crippen molar-refractivity contribution in [2.45, 2.75) is 40.2 Å². The van der Waals surface area contributed by atoms with Crippen LogP contribution in [0.25, 0.3) is 0 Å². The summed E-state index contributed by atoms with van der Waals surface area (Å²) in [6.45, 7) is 13.7. The van der Waals surface area contributed by atoms with Gasteiger partial charge in [0.2, 0.25) is 0 Å². The lowest BCUT2D eigenvalue weighted by molar-refractivity contribution is 0.124. The second-order valence-corrected chi connectivity index (χ2v) is 5.12. The number of nitrogens with zero attached hydrogens (tertiary/aromatic N) is 1. The van der Waals surface area contributed by atoms with E-state index in [1.54, 1.807) is 0 Å². The maximum absolute atomic E-state index is 5.52. The zero-order chi connectivity index (χ0) is 12.4. The molecule has 0 unspecified atom stereocenters. The minimum atomic E-state index is 0.629. The van der Waals surface area contributed by atoms with E-state index >= 15 is 0 Å². The molecule has 0 saturated heterocycles. The highest BCUT2D eigenvalue weighted by molar-refractivity contribution is 4.58. The first kappa shape index (κ1) is 15.9. The quantitative estimate of drug-likeness (QED) is 0.581. The monoisotopic (exact) mass is 230 g/mol. The predicted molar refractivity (Wildman–Crippen MR) is 70.9 cm³/mol. The van der Waals surface area contributed by atoms with Crippen LogP contribution in [0.3, 0.4) is 0 Å². The number of hydrogen-bond acceptors (Lipinski definition) is 3. The molecule has 0 amide bonds. The van der Waals surface area contributed by atoms with Gasteiger partial charge in [-0.15, -0.1) is 0 Å². The van der Waals surface area contributed by atoms with Gasteiger partial charge in [0, 0.05) is 32.3 Å². The number of rotatable bonds is 10. The summed E-state index contributed by atoms with van der Waals surface area (Å²) in [5.74, 6) is 0.743. The van der Waals surface area contributed by atoms with Crippen LogP contribution in [0.2, 0.25) is 0 Å². The minimum Gasteiger partial charge on any atom is -0.380 e. The Balaban J connectivity index is 3.10. The Hall–Kier alpha value is -0.120. The molecular weight excluding hydrogens is 200 g/mol. The van der Waals surface area contributed by atoms with E-state index in [2.05, 4.69) is 45.0 Å². The summed E-state index contributed by atoms with van der Waals surface area (Å²) in [5.41, 5.74) is 0. The van der Waals surface area contributed by atoms with Crippen molar-refractivity contribution in [1.82, 2.24) is 10.2 Å². The van der Waals surface area contributed by atoms with E-state index in [0.717, 1.165) is 45.2 Å². The Morgan fingerprint density at radius 2 is 1.75 bits per heavy atom. The molecule has 16 heavy (non-hydrogen) atoms. The first-order chi connectivity index (χ1) is 7.54.